The first-order valence-electron chi connectivity index (χ1n) is 3.61. The van der Waals surface area contributed by atoms with E-state index in [1.807, 2.05) is 0 Å². The summed E-state index contributed by atoms with van der Waals surface area (Å²) in [4.78, 5) is 0. The first-order chi connectivity index (χ1) is 7.91. The van der Waals surface area contributed by atoms with E-state index in [1.54, 1.807) is 0 Å². The van der Waals surface area contributed by atoms with Crippen molar-refractivity contribution in [1.29, 1.82) is 10.5 Å². The van der Waals surface area contributed by atoms with E-state index >= 15 is 0 Å². The van der Waals surface area contributed by atoms with Crippen LogP contribution in [0.15, 0.2) is 21.1 Å². The average Bonchev–Trinajstić information content (AvgIpc) is 2.13. The SMILES string of the molecule is N#C/C(Br)=C/C(F)(F)F.N#C/C(Br)=C\C(F)(F)F. The Morgan fingerprint density at radius 1 is 0.778 bits per heavy atom. The molecule has 0 fully saturated rings. The van der Waals surface area contributed by atoms with Gasteiger partial charge in [0.05, 0.1) is 8.96 Å². The Morgan fingerprint density at radius 2 is 1.00 bits per heavy atom. The third-order valence-corrected chi connectivity index (χ3v) is 1.61. The number of halogens is 8. The molecule has 2 nitrogen and oxygen atoms in total. The van der Waals surface area contributed by atoms with Crippen molar-refractivity contribution in [2.45, 2.75) is 12.4 Å². The maximum Gasteiger partial charge on any atom is 0.411 e. The van der Waals surface area contributed by atoms with Crippen LogP contribution in [0.25, 0.3) is 0 Å². The van der Waals surface area contributed by atoms with E-state index in [-0.39, 0.29) is 12.2 Å². The van der Waals surface area contributed by atoms with Crippen molar-refractivity contribution >= 4 is 31.9 Å². The summed E-state index contributed by atoms with van der Waals surface area (Å²) in [7, 11) is 0. The van der Waals surface area contributed by atoms with Crippen LogP contribution in [0, 0.1) is 22.7 Å². The minimum Gasteiger partial charge on any atom is -0.192 e. The van der Waals surface area contributed by atoms with E-state index in [9.17, 15) is 26.3 Å². The van der Waals surface area contributed by atoms with Gasteiger partial charge in [-0.25, -0.2) is 0 Å². The average molecular weight is 400 g/mol. The Labute approximate surface area is 114 Å². The molecule has 0 radical (unpaired) electrons. The van der Waals surface area contributed by atoms with Gasteiger partial charge in [-0.15, -0.1) is 0 Å². The highest BCUT2D eigenvalue weighted by molar-refractivity contribution is 9.12. The second-order valence-corrected chi connectivity index (χ2v) is 4.00. The number of allylic oxidation sites excluding steroid dienone is 4. The van der Waals surface area contributed by atoms with E-state index in [0.717, 1.165) is 0 Å². The standard InChI is InChI=1S/2C4HBrF3N/c2*5-3(2-9)1-4(6,7)8/h2*1H/b3-1+;3-1-. The lowest BCUT2D eigenvalue weighted by molar-refractivity contribution is -0.0808. The molecule has 0 rings (SSSR count). The van der Waals surface area contributed by atoms with Gasteiger partial charge < -0.3 is 0 Å². The van der Waals surface area contributed by atoms with Crippen molar-refractivity contribution in [1.82, 2.24) is 0 Å². The van der Waals surface area contributed by atoms with Crippen molar-refractivity contribution in [2.24, 2.45) is 0 Å². The van der Waals surface area contributed by atoms with Gasteiger partial charge in [-0.05, 0) is 31.9 Å². The van der Waals surface area contributed by atoms with Gasteiger partial charge in [-0.1, -0.05) is 0 Å². The number of hydrogen-bond acceptors (Lipinski definition) is 2. The zero-order valence-electron chi connectivity index (χ0n) is 8.07. The number of nitrogens with zero attached hydrogens (tertiary/aromatic N) is 2. The van der Waals surface area contributed by atoms with Crippen LogP contribution in [0.4, 0.5) is 26.3 Å². The molecule has 0 N–H and O–H groups in total. The van der Waals surface area contributed by atoms with Crippen LogP contribution < -0.4 is 0 Å². The van der Waals surface area contributed by atoms with Crippen LogP contribution in [0.1, 0.15) is 0 Å². The molecule has 18 heavy (non-hydrogen) atoms. The molecule has 0 heterocycles. The lowest BCUT2D eigenvalue weighted by Gasteiger charge is -1.95. The summed E-state index contributed by atoms with van der Waals surface area (Å²) < 4.78 is 66.4. The highest BCUT2D eigenvalue weighted by Crippen LogP contribution is 2.20. The van der Waals surface area contributed by atoms with Crippen molar-refractivity contribution in [3.8, 4) is 12.1 Å². The van der Waals surface area contributed by atoms with Gasteiger partial charge in [-0.2, -0.15) is 36.9 Å². The molecule has 0 aliphatic rings. The van der Waals surface area contributed by atoms with Gasteiger partial charge in [0.25, 0.3) is 0 Å². The normalized spacial score (nSPS) is 13.0. The monoisotopic (exact) mass is 398 g/mol. The predicted octanol–water partition coefficient (Wildman–Crippen LogP) is 4.70. The molecule has 0 bridgehead atoms. The Morgan fingerprint density at radius 3 is 1.06 bits per heavy atom. The van der Waals surface area contributed by atoms with E-state index in [1.165, 1.54) is 12.1 Å². The first-order valence-corrected chi connectivity index (χ1v) is 5.20. The summed E-state index contributed by atoms with van der Waals surface area (Å²) in [6.45, 7) is 0. The first kappa shape index (κ1) is 19.3. The maximum atomic E-state index is 11.2. The van der Waals surface area contributed by atoms with Gasteiger partial charge in [0.2, 0.25) is 0 Å². The predicted molar refractivity (Wildman–Crippen MR) is 57.4 cm³/mol. The largest absolute Gasteiger partial charge is 0.411 e. The fourth-order valence-corrected chi connectivity index (χ4v) is 0.871. The minimum absolute atomic E-state index is 0.118. The molecule has 0 aromatic carbocycles. The van der Waals surface area contributed by atoms with Crippen LogP contribution in [0.5, 0.6) is 0 Å². The summed E-state index contributed by atoms with van der Waals surface area (Å²) in [5, 5.41) is 15.7. The van der Waals surface area contributed by atoms with Crippen LogP contribution >= 0.6 is 31.9 Å². The van der Waals surface area contributed by atoms with Crippen molar-refractivity contribution in [3.63, 3.8) is 0 Å². The molecular formula is C8H2Br2F6N2. The van der Waals surface area contributed by atoms with Crippen LogP contribution in [-0.2, 0) is 0 Å². The van der Waals surface area contributed by atoms with E-state index in [2.05, 4.69) is 31.9 Å². The third-order valence-electron chi connectivity index (χ3n) is 0.794. The Bertz CT molecular complexity index is 367. The number of alkyl halides is 6. The molecule has 0 aliphatic carbocycles. The Hall–Kier alpha value is -1.00. The summed E-state index contributed by atoms with van der Waals surface area (Å²) in [6, 6.07) is 2.56. The van der Waals surface area contributed by atoms with E-state index in [4.69, 9.17) is 10.5 Å². The van der Waals surface area contributed by atoms with Crippen molar-refractivity contribution < 1.29 is 26.3 Å². The number of hydrogen-bond donors (Lipinski definition) is 0. The molecule has 0 unspecified atom stereocenters. The molecule has 0 saturated carbocycles. The lowest BCUT2D eigenvalue weighted by atomic mass is 10.5. The van der Waals surface area contributed by atoms with Crippen LogP contribution in [0.3, 0.4) is 0 Å². The molecule has 0 aromatic heterocycles. The van der Waals surface area contributed by atoms with Crippen molar-refractivity contribution in [3.05, 3.63) is 21.1 Å². The quantitative estimate of drug-likeness (QED) is 0.437. The molecular weight excluding hydrogens is 398 g/mol. The molecule has 0 atom stereocenters. The Kier molecular flexibility index (Phi) is 8.77. The van der Waals surface area contributed by atoms with Gasteiger partial charge in [0, 0.05) is 12.2 Å². The van der Waals surface area contributed by atoms with Crippen LogP contribution in [-0.4, -0.2) is 12.4 Å². The second kappa shape index (κ2) is 8.16. The van der Waals surface area contributed by atoms with E-state index in [0.29, 0.717) is 0 Å². The molecule has 0 saturated heterocycles. The second-order valence-electron chi connectivity index (χ2n) is 2.29. The van der Waals surface area contributed by atoms with Gasteiger partial charge in [0.1, 0.15) is 12.1 Å². The van der Waals surface area contributed by atoms with Crippen LogP contribution in [0.2, 0.25) is 0 Å². The number of nitriles is 2. The van der Waals surface area contributed by atoms with Gasteiger partial charge in [0.15, 0.2) is 0 Å². The number of rotatable bonds is 0. The summed E-state index contributed by atoms with van der Waals surface area (Å²) >= 11 is 4.79. The lowest BCUT2D eigenvalue weighted by Crippen LogP contribution is -2.01. The zero-order valence-corrected chi connectivity index (χ0v) is 11.2. The Balaban J connectivity index is 0. The fraction of sp³-hybridized carbons (Fsp3) is 0.250. The molecule has 0 spiro atoms. The minimum atomic E-state index is -4.41. The summed E-state index contributed by atoms with van der Waals surface area (Å²) in [6.07, 6.45) is -9.05. The van der Waals surface area contributed by atoms with Crippen molar-refractivity contribution in [2.75, 3.05) is 0 Å². The van der Waals surface area contributed by atoms with Gasteiger partial charge in [-0.3, -0.25) is 0 Å². The molecule has 0 amide bonds. The highest BCUT2D eigenvalue weighted by atomic mass is 79.9. The highest BCUT2D eigenvalue weighted by Gasteiger charge is 2.24. The zero-order chi connectivity index (χ0) is 15.0. The molecule has 0 aromatic rings. The summed E-state index contributed by atoms with van der Waals surface area (Å²) in [5.74, 6) is 0. The van der Waals surface area contributed by atoms with E-state index < -0.39 is 21.3 Å². The third kappa shape index (κ3) is 17.4. The molecule has 100 valence electrons. The van der Waals surface area contributed by atoms with Gasteiger partial charge >= 0.3 is 12.4 Å². The molecule has 0 aliphatic heterocycles. The fourth-order valence-electron chi connectivity index (χ4n) is 0.352. The summed E-state index contributed by atoms with van der Waals surface area (Å²) in [5.41, 5.74) is 0. The smallest absolute Gasteiger partial charge is 0.192 e. The topological polar surface area (TPSA) is 47.6 Å². The molecule has 10 heteroatoms. The maximum absolute atomic E-state index is 11.2.